The molecule has 0 saturated carbocycles. The van der Waals surface area contributed by atoms with E-state index in [0.717, 1.165) is 22.2 Å². The number of phenols is 1. The predicted octanol–water partition coefficient (Wildman–Crippen LogP) is 3.21. The van der Waals surface area contributed by atoms with Crippen molar-refractivity contribution in [3.8, 4) is 5.75 Å². The molecule has 1 saturated heterocycles. The molecule has 1 fully saturated rings. The minimum atomic E-state index is -0.612. The molecule has 0 bridgehead atoms. The summed E-state index contributed by atoms with van der Waals surface area (Å²) < 4.78 is 0. The highest BCUT2D eigenvalue weighted by atomic mass is 32.2. The van der Waals surface area contributed by atoms with Gasteiger partial charge in [-0.15, -0.1) is 0 Å². The van der Waals surface area contributed by atoms with E-state index in [4.69, 9.17) is 0 Å². The minimum absolute atomic E-state index is 0.0374. The van der Waals surface area contributed by atoms with Crippen LogP contribution in [0.1, 0.15) is 11.5 Å². The molecule has 2 heterocycles. The quantitative estimate of drug-likeness (QED) is 0.811. The molecule has 2 aliphatic heterocycles. The van der Waals surface area contributed by atoms with Crippen LogP contribution in [-0.4, -0.2) is 22.2 Å². The number of hydrogen-bond donors (Lipinski definition) is 2. The Labute approximate surface area is 147 Å². The van der Waals surface area contributed by atoms with Crippen LogP contribution >= 0.6 is 11.8 Å². The van der Waals surface area contributed by atoms with Crippen molar-refractivity contribution in [2.45, 2.75) is 5.92 Å². The van der Waals surface area contributed by atoms with Crippen LogP contribution in [-0.2, 0) is 9.59 Å². The molecule has 25 heavy (non-hydrogen) atoms. The smallest absolute Gasteiger partial charge is 0.298 e. The van der Waals surface area contributed by atoms with Crippen molar-refractivity contribution in [3.63, 3.8) is 0 Å². The van der Waals surface area contributed by atoms with Gasteiger partial charge in [-0.25, -0.2) is 4.90 Å². The molecule has 3 amide bonds. The van der Waals surface area contributed by atoms with Gasteiger partial charge in [0, 0.05) is 11.8 Å². The van der Waals surface area contributed by atoms with Crippen molar-refractivity contribution < 1.29 is 19.5 Å². The lowest BCUT2D eigenvalue weighted by Crippen LogP contribution is -2.27. The Balaban J connectivity index is 1.69. The van der Waals surface area contributed by atoms with Crippen LogP contribution in [0.4, 0.5) is 16.2 Å². The molecule has 1 unspecified atom stereocenters. The molecule has 4 rings (SSSR count). The molecule has 6 nitrogen and oxygen atoms in total. The number of aromatic hydroxyl groups is 1. The number of fused-ring (bicyclic) bond motifs is 1. The first-order valence-electron chi connectivity index (χ1n) is 7.51. The van der Waals surface area contributed by atoms with E-state index >= 15 is 0 Å². The van der Waals surface area contributed by atoms with Gasteiger partial charge in [0.25, 0.3) is 11.1 Å². The first kappa shape index (κ1) is 15.5. The number of thioether (sulfide) groups is 1. The van der Waals surface area contributed by atoms with Crippen molar-refractivity contribution in [2.24, 2.45) is 0 Å². The number of nitrogens with zero attached hydrogens (tertiary/aromatic N) is 1. The number of carbonyl (C=O) groups excluding carboxylic acids is 3. The van der Waals surface area contributed by atoms with E-state index in [1.54, 1.807) is 18.2 Å². The van der Waals surface area contributed by atoms with Crippen LogP contribution in [0.15, 0.2) is 59.5 Å². The van der Waals surface area contributed by atoms with E-state index in [1.807, 2.05) is 18.2 Å². The fourth-order valence-electron chi connectivity index (χ4n) is 2.89. The summed E-state index contributed by atoms with van der Waals surface area (Å²) in [7, 11) is 0. The van der Waals surface area contributed by atoms with Gasteiger partial charge in [-0.1, -0.05) is 24.3 Å². The van der Waals surface area contributed by atoms with Gasteiger partial charge < -0.3 is 10.4 Å². The molecule has 1 atom stereocenters. The van der Waals surface area contributed by atoms with Crippen molar-refractivity contribution >= 4 is 40.2 Å². The van der Waals surface area contributed by atoms with Gasteiger partial charge in [-0.3, -0.25) is 14.4 Å². The third kappa shape index (κ3) is 2.58. The van der Waals surface area contributed by atoms with E-state index in [0.29, 0.717) is 11.4 Å². The van der Waals surface area contributed by atoms with Crippen molar-refractivity contribution in [1.82, 2.24) is 0 Å². The number of nitrogens with one attached hydrogen (secondary N) is 1. The number of amides is 3. The molecular weight excluding hydrogens is 340 g/mol. The maximum atomic E-state index is 12.6. The van der Waals surface area contributed by atoms with Gasteiger partial charge in [0.1, 0.15) is 5.75 Å². The van der Waals surface area contributed by atoms with Crippen molar-refractivity contribution in [2.75, 3.05) is 10.2 Å². The summed E-state index contributed by atoms with van der Waals surface area (Å²) in [6.45, 7) is 0. The molecule has 0 spiro atoms. The topological polar surface area (TPSA) is 86.7 Å². The number of rotatable bonds is 2. The Morgan fingerprint density at radius 2 is 1.88 bits per heavy atom. The number of imide groups is 1. The summed E-state index contributed by atoms with van der Waals surface area (Å²) in [5, 5.41) is 11.9. The molecule has 124 valence electrons. The summed E-state index contributed by atoms with van der Waals surface area (Å²) in [6.07, 6.45) is 1.52. The lowest BCUT2D eigenvalue weighted by Gasteiger charge is -2.12. The Morgan fingerprint density at radius 1 is 1.08 bits per heavy atom. The zero-order valence-electron chi connectivity index (χ0n) is 12.8. The average Bonchev–Trinajstić information content (AvgIpc) is 3.04. The third-order valence-electron chi connectivity index (χ3n) is 4.04. The first-order valence-corrected chi connectivity index (χ1v) is 8.33. The molecule has 7 heteroatoms. The highest BCUT2D eigenvalue weighted by Crippen LogP contribution is 2.40. The van der Waals surface area contributed by atoms with Gasteiger partial charge in [-0.05, 0) is 41.6 Å². The number of carbonyl (C=O) groups is 3. The lowest BCUT2D eigenvalue weighted by atomic mass is 10.00. The predicted molar refractivity (Wildman–Crippen MR) is 94.5 cm³/mol. The fourth-order valence-corrected chi connectivity index (χ4v) is 3.74. The van der Waals surface area contributed by atoms with Gasteiger partial charge in [0.05, 0.1) is 16.5 Å². The molecule has 0 aliphatic carbocycles. The summed E-state index contributed by atoms with van der Waals surface area (Å²) in [5.74, 6) is -1.38. The van der Waals surface area contributed by atoms with Crippen LogP contribution in [0.3, 0.4) is 0 Å². The Bertz CT molecular complexity index is 954. The SMILES string of the molecule is O=C1Nc2ccccc2C1/C=C1\SC(=O)N(c2cccc(O)c2)C1=O. The number of phenolic OH excluding ortho intramolecular Hbond substituents is 1. The van der Waals surface area contributed by atoms with Gasteiger partial charge >= 0.3 is 0 Å². The Hall–Kier alpha value is -3.06. The number of para-hydroxylation sites is 1. The van der Waals surface area contributed by atoms with Crippen LogP contribution < -0.4 is 10.2 Å². The van der Waals surface area contributed by atoms with E-state index in [2.05, 4.69) is 5.32 Å². The van der Waals surface area contributed by atoms with Gasteiger partial charge in [-0.2, -0.15) is 0 Å². The van der Waals surface area contributed by atoms with E-state index < -0.39 is 17.1 Å². The second-order valence-electron chi connectivity index (χ2n) is 5.61. The zero-order valence-corrected chi connectivity index (χ0v) is 13.6. The van der Waals surface area contributed by atoms with Crippen molar-refractivity contribution in [3.05, 3.63) is 65.1 Å². The average molecular weight is 352 g/mol. The second-order valence-corrected chi connectivity index (χ2v) is 6.61. The Morgan fingerprint density at radius 3 is 2.68 bits per heavy atom. The second kappa shape index (κ2) is 5.78. The van der Waals surface area contributed by atoms with Crippen LogP contribution in [0.2, 0.25) is 0 Å². The van der Waals surface area contributed by atoms with E-state index in [-0.39, 0.29) is 16.6 Å². The standard InChI is InChI=1S/C18H12N2O4S/c21-11-5-3-4-10(8-11)20-17(23)15(25-18(20)24)9-13-12-6-1-2-7-14(12)19-16(13)22/h1-9,13,21H,(H,19,22)/b15-9-. The maximum absolute atomic E-state index is 12.6. The van der Waals surface area contributed by atoms with Gasteiger partial charge in [0.15, 0.2) is 0 Å². The van der Waals surface area contributed by atoms with Crippen LogP contribution in [0.5, 0.6) is 5.75 Å². The number of benzene rings is 2. The lowest BCUT2D eigenvalue weighted by molar-refractivity contribution is -0.116. The monoisotopic (exact) mass is 352 g/mol. The Kier molecular flexibility index (Phi) is 3.58. The highest BCUT2D eigenvalue weighted by molar-refractivity contribution is 8.18. The van der Waals surface area contributed by atoms with Gasteiger partial charge in [0.2, 0.25) is 5.91 Å². The normalized spacial score (nSPS) is 21.0. The summed E-state index contributed by atoms with van der Waals surface area (Å²) in [5.41, 5.74) is 1.78. The largest absolute Gasteiger partial charge is 0.508 e. The summed E-state index contributed by atoms with van der Waals surface area (Å²) >= 11 is 0.783. The summed E-state index contributed by atoms with van der Waals surface area (Å²) in [4.78, 5) is 38.3. The molecule has 0 radical (unpaired) electrons. The maximum Gasteiger partial charge on any atom is 0.298 e. The van der Waals surface area contributed by atoms with Crippen LogP contribution in [0.25, 0.3) is 0 Å². The van der Waals surface area contributed by atoms with Crippen molar-refractivity contribution in [1.29, 1.82) is 0 Å². The number of hydrogen-bond acceptors (Lipinski definition) is 5. The molecule has 2 aromatic rings. The summed E-state index contributed by atoms with van der Waals surface area (Å²) in [6, 6.07) is 13.2. The first-order chi connectivity index (χ1) is 12.0. The molecular formula is C18H12N2O4S. The molecule has 2 aliphatic rings. The fraction of sp³-hybridized carbons (Fsp3) is 0.0556. The molecule has 2 N–H and O–H groups in total. The molecule has 2 aromatic carbocycles. The molecule has 0 aromatic heterocycles. The third-order valence-corrected chi connectivity index (χ3v) is 4.92. The number of anilines is 2. The van der Waals surface area contributed by atoms with E-state index in [9.17, 15) is 19.5 Å². The zero-order chi connectivity index (χ0) is 17.6. The highest BCUT2D eigenvalue weighted by Gasteiger charge is 2.38. The van der Waals surface area contributed by atoms with E-state index in [1.165, 1.54) is 18.2 Å². The van der Waals surface area contributed by atoms with Crippen LogP contribution in [0, 0.1) is 0 Å². The minimum Gasteiger partial charge on any atom is -0.508 e.